The van der Waals surface area contributed by atoms with Crippen molar-refractivity contribution in [3.05, 3.63) is 47.4 Å². The van der Waals surface area contributed by atoms with Gasteiger partial charge in [0.25, 0.3) is 0 Å². The Labute approximate surface area is 118 Å². The molecule has 1 aliphatic rings. The van der Waals surface area contributed by atoms with Crippen LogP contribution in [0.15, 0.2) is 34.7 Å². The van der Waals surface area contributed by atoms with Crippen LogP contribution in [0, 0.1) is 6.92 Å². The highest BCUT2D eigenvalue weighted by Crippen LogP contribution is 2.34. The molecule has 1 N–H and O–H groups in total. The lowest BCUT2D eigenvalue weighted by Crippen LogP contribution is -2.38. The van der Waals surface area contributed by atoms with Crippen molar-refractivity contribution in [1.82, 2.24) is 5.32 Å². The zero-order valence-corrected chi connectivity index (χ0v) is 11.8. The summed E-state index contributed by atoms with van der Waals surface area (Å²) >= 11 is 0. The summed E-state index contributed by atoms with van der Waals surface area (Å²) in [6.45, 7) is 3.32. The van der Waals surface area contributed by atoms with Crippen molar-refractivity contribution >= 4 is 0 Å². The average molecular weight is 273 g/mol. The Morgan fingerprint density at radius 3 is 2.95 bits per heavy atom. The molecule has 0 bridgehead atoms. The predicted molar refractivity (Wildman–Crippen MR) is 76.3 cm³/mol. The van der Waals surface area contributed by atoms with Gasteiger partial charge in [0.1, 0.15) is 18.1 Å². The van der Waals surface area contributed by atoms with E-state index in [0.29, 0.717) is 12.6 Å². The van der Waals surface area contributed by atoms with E-state index in [-0.39, 0.29) is 0 Å². The molecule has 2 aromatic rings. The van der Waals surface area contributed by atoms with Crippen LogP contribution in [-0.4, -0.2) is 19.8 Å². The quantitative estimate of drug-likeness (QED) is 0.930. The molecular formula is C16H19NO3. The molecule has 1 aromatic heterocycles. The smallest absolute Gasteiger partial charge is 0.164 e. The molecule has 20 heavy (non-hydrogen) atoms. The number of rotatable bonds is 4. The lowest BCUT2D eigenvalue weighted by molar-refractivity contribution is 0.224. The highest BCUT2D eigenvalue weighted by Gasteiger charge is 2.22. The summed E-state index contributed by atoms with van der Waals surface area (Å²) in [7, 11) is 1.67. The maximum Gasteiger partial charge on any atom is 0.164 e. The molecule has 0 radical (unpaired) electrons. The third-order valence-electron chi connectivity index (χ3n) is 3.54. The number of methoxy groups -OCH3 is 1. The van der Waals surface area contributed by atoms with E-state index < -0.39 is 0 Å². The fourth-order valence-corrected chi connectivity index (χ4v) is 2.51. The second-order valence-electron chi connectivity index (χ2n) is 5.05. The number of hydrogen-bond donors (Lipinski definition) is 1. The highest BCUT2D eigenvalue weighted by atomic mass is 16.5. The van der Waals surface area contributed by atoms with Gasteiger partial charge in [-0.1, -0.05) is 12.1 Å². The van der Waals surface area contributed by atoms with Crippen LogP contribution in [0.4, 0.5) is 0 Å². The van der Waals surface area contributed by atoms with Gasteiger partial charge in [-0.25, -0.2) is 0 Å². The lowest BCUT2D eigenvalue weighted by atomic mass is 10.0. The number of ether oxygens (including phenoxy) is 2. The third-order valence-corrected chi connectivity index (χ3v) is 3.54. The number of hydrogen-bond acceptors (Lipinski definition) is 4. The van der Waals surface area contributed by atoms with Gasteiger partial charge in [0.15, 0.2) is 11.5 Å². The van der Waals surface area contributed by atoms with Crippen molar-refractivity contribution < 1.29 is 13.9 Å². The predicted octanol–water partition coefficient (Wildman–Crippen LogP) is 2.69. The summed E-state index contributed by atoms with van der Waals surface area (Å²) in [4.78, 5) is 0. The topological polar surface area (TPSA) is 43.6 Å². The van der Waals surface area contributed by atoms with Crippen molar-refractivity contribution in [1.29, 1.82) is 0 Å². The van der Waals surface area contributed by atoms with Crippen molar-refractivity contribution in [2.24, 2.45) is 0 Å². The molecule has 1 atom stereocenters. The number of nitrogens with one attached hydrogen (secondary N) is 1. The molecule has 1 aromatic carbocycles. The number of furan rings is 1. The van der Waals surface area contributed by atoms with E-state index in [1.165, 1.54) is 5.56 Å². The Morgan fingerprint density at radius 1 is 1.30 bits per heavy atom. The molecule has 106 valence electrons. The van der Waals surface area contributed by atoms with Crippen LogP contribution in [0.1, 0.15) is 17.1 Å². The Kier molecular flexibility index (Phi) is 3.65. The summed E-state index contributed by atoms with van der Waals surface area (Å²) in [5.74, 6) is 3.58. The fraction of sp³-hybridized carbons (Fsp3) is 0.375. The molecule has 4 heteroatoms. The first-order valence-corrected chi connectivity index (χ1v) is 6.83. The number of para-hydroxylation sites is 1. The van der Waals surface area contributed by atoms with Crippen LogP contribution in [0.2, 0.25) is 0 Å². The molecular weight excluding hydrogens is 254 g/mol. The molecule has 0 saturated carbocycles. The minimum Gasteiger partial charge on any atom is -0.493 e. The fourth-order valence-electron chi connectivity index (χ4n) is 2.51. The summed E-state index contributed by atoms with van der Waals surface area (Å²) in [6.07, 6.45) is 0.937. The molecule has 1 aliphatic heterocycles. The van der Waals surface area contributed by atoms with Gasteiger partial charge in [0, 0.05) is 6.04 Å². The molecule has 0 spiro atoms. The molecule has 0 aliphatic carbocycles. The van der Waals surface area contributed by atoms with Crippen molar-refractivity contribution in [2.75, 3.05) is 13.7 Å². The van der Waals surface area contributed by atoms with E-state index in [9.17, 15) is 0 Å². The second-order valence-corrected chi connectivity index (χ2v) is 5.05. The Hall–Kier alpha value is -1.94. The van der Waals surface area contributed by atoms with E-state index in [1.54, 1.807) is 7.11 Å². The van der Waals surface area contributed by atoms with E-state index in [4.69, 9.17) is 13.9 Å². The molecule has 0 amide bonds. The summed E-state index contributed by atoms with van der Waals surface area (Å²) in [5, 5.41) is 3.47. The van der Waals surface area contributed by atoms with Crippen LogP contribution >= 0.6 is 0 Å². The van der Waals surface area contributed by atoms with Gasteiger partial charge in [-0.2, -0.15) is 0 Å². The highest BCUT2D eigenvalue weighted by molar-refractivity contribution is 5.48. The van der Waals surface area contributed by atoms with Gasteiger partial charge in [0.05, 0.1) is 13.7 Å². The first-order chi connectivity index (χ1) is 9.76. The van der Waals surface area contributed by atoms with Gasteiger partial charge in [-0.05, 0) is 37.1 Å². The van der Waals surface area contributed by atoms with Crippen molar-refractivity contribution in [3.63, 3.8) is 0 Å². The van der Waals surface area contributed by atoms with Crippen LogP contribution in [0.5, 0.6) is 11.5 Å². The van der Waals surface area contributed by atoms with Gasteiger partial charge >= 0.3 is 0 Å². The maximum absolute atomic E-state index is 5.83. The van der Waals surface area contributed by atoms with Crippen LogP contribution < -0.4 is 14.8 Å². The van der Waals surface area contributed by atoms with Gasteiger partial charge < -0.3 is 19.2 Å². The second kappa shape index (κ2) is 5.59. The minimum atomic E-state index is 0.292. The molecule has 3 rings (SSSR count). The van der Waals surface area contributed by atoms with Crippen LogP contribution in [0.25, 0.3) is 0 Å². The van der Waals surface area contributed by atoms with Gasteiger partial charge in [0.2, 0.25) is 0 Å². The number of benzene rings is 1. The maximum atomic E-state index is 5.83. The first kappa shape index (κ1) is 13.1. The summed E-state index contributed by atoms with van der Waals surface area (Å²) < 4.78 is 16.7. The van der Waals surface area contributed by atoms with Crippen LogP contribution in [-0.2, 0) is 13.0 Å². The molecule has 0 fully saturated rings. The largest absolute Gasteiger partial charge is 0.493 e. The summed E-state index contributed by atoms with van der Waals surface area (Å²) in [6, 6.07) is 10.3. The normalized spacial score (nSPS) is 17.4. The zero-order valence-electron chi connectivity index (χ0n) is 11.8. The van der Waals surface area contributed by atoms with E-state index in [2.05, 4.69) is 11.4 Å². The third kappa shape index (κ3) is 2.65. The molecule has 0 saturated heterocycles. The SMILES string of the molecule is COc1cccc2c1OC[C@H](NCc1ccc(C)o1)C2. The monoisotopic (exact) mass is 273 g/mol. The van der Waals surface area contributed by atoms with Crippen molar-refractivity contribution in [2.45, 2.75) is 25.9 Å². The molecule has 2 heterocycles. The number of aryl methyl sites for hydroxylation is 1. The van der Waals surface area contributed by atoms with Crippen LogP contribution in [0.3, 0.4) is 0 Å². The Bertz CT molecular complexity index is 591. The van der Waals surface area contributed by atoms with E-state index >= 15 is 0 Å². The van der Waals surface area contributed by atoms with Gasteiger partial charge in [-0.3, -0.25) is 0 Å². The minimum absolute atomic E-state index is 0.292. The zero-order chi connectivity index (χ0) is 13.9. The summed E-state index contributed by atoms with van der Waals surface area (Å²) in [5.41, 5.74) is 1.18. The Balaban J connectivity index is 1.64. The number of fused-ring (bicyclic) bond motifs is 1. The molecule has 4 nitrogen and oxygen atoms in total. The van der Waals surface area contributed by atoms with E-state index in [0.717, 1.165) is 36.0 Å². The molecule has 0 unspecified atom stereocenters. The first-order valence-electron chi connectivity index (χ1n) is 6.83. The van der Waals surface area contributed by atoms with Gasteiger partial charge in [-0.15, -0.1) is 0 Å². The lowest BCUT2D eigenvalue weighted by Gasteiger charge is -2.27. The van der Waals surface area contributed by atoms with Crippen molar-refractivity contribution in [3.8, 4) is 11.5 Å². The standard InChI is InChI=1S/C16H19NO3/c1-11-6-7-14(20-11)9-17-13-8-12-4-3-5-15(18-2)16(12)19-10-13/h3-7,13,17H,8-10H2,1-2H3/t13-/m1/s1. The average Bonchev–Trinajstić information content (AvgIpc) is 2.89. The Morgan fingerprint density at radius 2 is 2.20 bits per heavy atom. The van der Waals surface area contributed by atoms with E-state index in [1.807, 2.05) is 31.2 Å².